The third-order valence-corrected chi connectivity index (χ3v) is 3.97. The maximum atomic E-state index is 13.1. The molecule has 0 bridgehead atoms. The van der Waals surface area contributed by atoms with Crippen molar-refractivity contribution in [1.82, 2.24) is 20.1 Å². The van der Waals surface area contributed by atoms with Gasteiger partial charge in [0.2, 0.25) is 0 Å². The molecule has 4 nitrogen and oxygen atoms in total. The number of hydrogen-bond donors (Lipinski definition) is 1. The Balaban J connectivity index is 1.93. The number of aryl methyl sites for hydroxylation is 1. The molecular weight excluding hydrogens is 329 g/mol. The molecule has 0 spiro atoms. The van der Waals surface area contributed by atoms with Crippen LogP contribution in [0.5, 0.6) is 0 Å². The normalized spacial score (nSPS) is 13.0. The Bertz CT molecular complexity index is 828. The Labute approximate surface area is 143 Å². The molecule has 0 radical (unpaired) electrons. The Morgan fingerprint density at radius 1 is 1.08 bits per heavy atom. The fraction of sp³-hybridized carbons (Fsp3) is 0.222. The third-order valence-electron chi connectivity index (χ3n) is 3.97. The first kappa shape index (κ1) is 17.2. The van der Waals surface area contributed by atoms with Crippen molar-refractivity contribution < 1.29 is 13.2 Å². The standard InChI is InChI=1S/C18H17F3N4/c1-25-16(7-9-24-25)12-23-17(14-5-3-8-22-11-14)13-4-2-6-15(10-13)18(19,20)21/h2-11,17,23H,12H2,1H3/t17-/m1/s1. The monoisotopic (exact) mass is 346 g/mol. The van der Waals surface area contributed by atoms with Gasteiger partial charge < -0.3 is 5.32 Å². The molecule has 3 aromatic rings. The zero-order valence-electron chi connectivity index (χ0n) is 13.5. The van der Waals surface area contributed by atoms with E-state index in [1.54, 1.807) is 35.4 Å². The smallest absolute Gasteiger partial charge is 0.301 e. The van der Waals surface area contributed by atoms with Crippen LogP contribution >= 0.6 is 0 Å². The van der Waals surface area contributed by atoms with Gasteiger partial charge in [0.1, 0.15) is 0 Å². The van der Waals surface area contributed by atoms with Gasteiger partial charge in [0.15, 0.2) is 0 Å². The molecule has 0 saturated carbocycles. The predicted molar refractivity (Wildman–Crippen MR) is 87.6 cm³/mol. The Morgan fingerprint density at radius 2 is 1.88 bits per heavy atom. The molecule has 25 heavy (non-hydrogen) atoms. The number of rotatable bonds is 5. The van der Waals surface area contributed by atoms with Crippen molar-refractivity contribution in [2.24, 2.45) is 7.05 Å². The number of hydrogen-bond acceptors (Lipinski definition) is 3. The molecular formula is C18H17F3N4. The van der Waals surface area contributed by atoms with Crippen LogP contribution in [0.25, 0.3) is 0 Å². The highest BCUT2D eigenvalue weighted by molar-refractivity contribution is 5.34. The van der Waals surface area contributed by atoms with Gasteiger partial charge in [0.25, 0.3) is 0 Å². The average Bonchev–Trinajstić information content (AvgIpc) is 3.01. The molecule has 0 aliphatic carbocycles. The zero-order chi connectivity index (χ0) is 17.9. The quantitative estimate of drug-likeness (QED) is 0.766. The first-order chi connectivity index (χ1) is 11.9. The summed E-state index contributed by atoms with van der Waals surface area (Å²) in [7, 11) is 1.82. The SMILES string of the molecule is Cn1nccc1CN[C@@H](c1cccnc1)c1cccc(C(F)(F)F)c1. The Morgan fingerprint density at radius 3 is 2.52 bits per heavy atom. The summed E-state index contributed by atoms with van der Waals surface area (Å²) >= 11 is 0. The molecule has 0 aliphatic rings. The van der Waals surface area contributed by atoms with Crippen molar-refractivity contribution in [2.45, 2.75) is 18.8 Å². The second-order valence-corrected chi connectivity index (χ2v) is 5.67. The highest BCUT2D eigenvalue weighted by Gasteiger charge is 2.31. The van der Waals surface area contributed by atoms with Gasteiger partial charge in [-0.15, -0.1) is 0 Å². The Kier molecular flexibility index (Phi) is 4.85. The maximum Gasteiger partial charge on any atom is 0.416 e. The first-order valence-corrected chi connectivity index (χ1v) is 7.72. The summed E-state index contributed by atoms with van der Waals surface area (Å²) in [6.07, 6.45) is 0.590. The minimum absolute atomic E-state index is 0.411. The first-order valence-electron chi connectivity index (χ1n) is 7.72. The third kappa shape index (κ3) is 4.06. The second-order valence-electron chi connectivity index (χ2n) is 5.67. The van der Waals surface area contributed by atoms with Crippen molar-refractivity contribution in [3.63, 3.8) is 0 Å². The van der Waals surface area contributed by atoms with Crippen LogP contribution in [0, 0.1) is 0 Å². The van der Waals surface area contributed by atoms with E-state index in [0.717, 1.165) is 17.3 Å². The van der Waals surface area contributed by atoms with Crippen LogP contribution in [0.4, 0.5) is 13.2 Å². The summed E-state index contributed by atoms with van der Waals surface area (Å²) in [5.41, 5.74) is 1.59. The molecule has 0 unspecified atom stereocenters. The average molecular weight is 346 g/mol. The largest absolute Gasteiger partial charge is 0.416 e. The van der Waals surface area contributed by atoms with E-state index in [1.807, 2.05) is 19.2 Å². The van der Waals surface area contributed by atoms with Gasteiger partial charge in [0.05, 0.1) is 17.3 Å². The van der Waals surface area contributed by atoms with Crippen molar-refractivity contribution in [1.29, 1.82) is 0 Å². The van der Waals surface area contributed by atoms with Gasteiger partial charge in [-0.3, -0.25) is 9.67 Å². The summed E-state index contributed by atoms with van der Waals surface area (Å²) in [6, 6.07) is 10.4. The van der Waals surface area contributed by atoms with Crippen molar-refractivity contribution in [2.75, 3.05) is 0 Å². The van der Waals surface area contributed by atoms with Gasteiger partial charge in [-0.25, -0.2) is 0 Å². The van der Waals surface area contributed by atoms with E-state index in [-0.39, 0.29) is 0 Å². The molecule has 130 valence electrons. The van der Waals surface area contributed by atoms with E-state index in [2.05, 4.69) is 15.4 Å². The van der Waals surface area contributed by atoms with Crippen molar-refractivity contribution in [3.8, 4) is 0 Å². The maximum absolute atomic E-state index is 13.1. The lowest BCUT2D eigenvalue weighted by Gasteiger charge is -2.21. The minimum atomic E-state index is -4.38. The molecule has 1 atom stereocenters. The highest BCUT2D eigenvalue weighted by atomic mass is 19.4. The molecule has 0 fully saturated rings. The van der Waals surface area contributed by atoms with Gasteiger partial charge in [-0.05, 0) is 35.4 Å². The van der Waals surface area contributed by atoms with Gasteiger partial charge in [-0.2, -0.15) is 18.3 Å². The van der Waals surface area contributed by atoms with E-state index in [4.69, 9.17) is 0 Å². The molecule has 3 rings (SSSR count). The van der Waals surface area contributed by atoms with E-state index < -0.39 is 17.8 Å². The van der Waals surface area contributed by atoms with Crippen LogP contribution in [-0.4, -0.2) is 14.8 Å². The predicted octanol–water partition coefficient (Wildman–Crippen LogP) is 3.71. The van der Waals surface area contributed by atoms with Crippen molar-refractivity contribution in [3.05, 3.63) is 83.4 Å². The Hall–Kier alpha value is -2.67. The van der Waals surface area contributed by atoms with Crippen LogP contribution in [0.3, 0.4) is 0 Å². The fourth-order valence-corrected chi connectivity index (χ4v) is 2.65. The molecule has 7 heteroatoms. The second kappa shape index (κ2) is 7.06. The number of nitrogens with one attached hydrogen (secondary N) is 1. The summed E-state index contributed by atoms with van der Waals surface area (Å²) in [5, 5.41) is 7.41. The zero-order valence-corrected chi connectivity index (χ0v) is 13.5. The minimum Gasteiger partial charge on any atom is -0.301 e. The lowest BCUT2D eigenvalue weighted by atomic mass is 9.98. The van der Waals surface area contributed by atoms with Crippen LogP contribution < -0.4 is 5.32 Å². The molecule has 1 N–H and O–H groups in total. The molecule has 0 amide bonds. The van der Waals surface area contributed by atoms with Crippen LogP contribution in [0.1, 0.15) is 28.4 Å². The molecule has 0 saturated heterocycles. The number of pyridine rings is 1. The highest BCUT2D eigenvalue weighted by Crippen LogP contribution is 2.32. The molecule has 1 aromatic carbocycles. The lowest BCUT2D eigenvalue weighted by Crippen LogP contribution is -2.24. The van der Waals surface area contributed by atoms with Gasteiger partial charge >= 0.3 is 6.18 Å². The number of nitrogens with zero attached hydrogens (tertiary/aromatic N) is 3. The summed E-state index contributed by atoms with van der Waals surface area (Å²) in [5.74, 6) is 0. The van der Waals surface area contributed by atoms with E-state index in [1.165, 1.54) is 12.1 Å². The van der Waals surface area contributed by atoms with E-state index >= 15 is 0 Å². The lowest BCUT2D eigenvalue weighted by molar-refractivity contribution is -0.137. The van der Waals surface area contributed by atoms with Crippen LogP contribution in [0.15, 0.2) is 61.1 Å². The van der Waals surface area contributed by atoms with Crippen LogP contribution in [-0.2, 0) is 19.8 Å². The summed E-state index contributed by atoms with van der Waals surface area (Å²) < 4.78 is 40.9. The van der Waals surface area contributed by atoms with Crippen molar-refractivity contribution >= 4 is 0 Å². The van der Waals surface area contributed by atoms with E-state index in [9.17, 15) is 13.2 Å². The summed E-state index contributed by atoms with van der Waals surface area (Å²) in [6.45, 7) is 0.465. The molecule has 2 aromatic heterocycles. The van der Waals surface area contributed by atoms with Crippen LogP contribution in [0.2, 0.25) is 0 Å². The topological polar surface area (TPSA) is 42.7 Å². The fourth-order valence-electron chi connectivity index (χ4n) is 2.65. The molecule has 2 heterocycles. The number of aromatic nitrogens is 3. The van der Waals surface area contributed by atoms with Gasteiger partial charge in [-0.1, -0.05) is 18.2 Å². The number of alkyl halides is 3. The summed E-state index contributed by atoms with van der Waals surface area (Å²) in [4.78, 5) is 4.09. The number of benzene rings is 1. The number of halogens is 3. The molecule has 0 aliphatic heterocycles. The van der Waals surface area contributed by atoms with Gasteiger partial charge in [0, 0.05) is 32.2 Å². The van der Waals surface area contributed by atoms with E-state index in [0.29, 0.717) is 12.1 Å².